The van der Waals surface area contributed by atoms with Gasteiger partial charge in [-0.1, -0.05) is 121 Å². The first-order valence-corrected chi connectivity index (χ1v) is 20.2. The number of hydrogen-bond acceptors (Lipinski definition) is 3. The standard InChI is InChI=1S/C54H35BN4/c1-6-19-38(20-7-1)56(39-21-8-2-9-22-39)43-33-34-46-52(35-43)58(41-25-12-4-13-26-41)49-31-18-32-50-54(49)55(46)47-36-45-44-29-16-17-30-48(44)57(40-23-10-3-11-24-40)51(45)37-53(47)59(50)42-27-14-5-15-28-42/h1-8,10-21,23-37H. The molecule has 10 aromatic rings. The molecule has 0 spiro atoms. The predicted molar refractivity (Wildman–Crippen MR) is 247 cm³/mol. The fraction of sp³-hybridized carbons (Fsp3) is 0. The number of rotatable bonds is 6. The SMILES string of the molecule is c1cccc(N(c2ccccc2)c2ccc3c(c2)N(c2ccccc2)c2cccc4c2B3c2cc3c5ccccc5n(-c5ccccc5)c3cc2N4c2ccccc2)c#1. The van der Waals surface area contributed by atoms with Crippen molar-refractivity contribution in [2.24, 2.45) is 0 Å². The summed E-state index contributed by atoms with van der Waals surface area (Å²) < 4.78 is 2.43. The summed E-state index contributed by atoms with van der Waals surface area (Å²) in [5.74, 6) is 0. The van der Waals surface area contributed by atoms with Gasteiger partial charge in [-0.2, -0.15) is 0 Å². The molecule has 0 aliphatic carbocycles. The molecule has 0 unspecified atom stereocenters. The number of para-hydroxylation sites is 5. The first-order valence-electron chi connectivity index (χ1n) is 20.2. The lowest BCUT2D eigenvalue weighted by Crippen LogP contribution is -2.61. The van der Waals surface area contributed by atoms with E-state index < -0.39 is 0 Å². The van der Waals surface area contributed by atoms with Crippen molar-refractivity contribution in [3.8, 4) is 5.69 Å². The molecule has 2 aliphatic heterocycles. The summed E-state index contributed by atoms with van der Waals surface area (Å²) >= 11 is 0. The van der Waals surface area contributed by atoms with Gasteiger partial charge in [0, 0.05) is 62.0 Å². The van der Waals surface area contributed by atoms with E-state index in [4.69, 9.17) is 0 Å². The van der Waals surface area contributed by atoms with Crippen LogP contribution in [0.4, 0.5) is 51.2 Å². The van der Waals surface area contributed by atoms with E-state index in [2.05, 4.69) is 232 Å². The fourth-order valence-electron chi connectivity index (χ4n) is 9.56. The van der Waals surface area contributed by atoms with Crippen LogP contribution in [0.5, 0.6) is 0 Å². The molecule has 0 N–H and O–H groups in total. The summed E-state index contributed by atoms with van der Waals surface area (Å²) in [5.41, 5.74) is 17.3. The number of aromatic nitrogens is 1. The number of nitrogens with zero attached hydrogens (tertiary/aromatic N) is 4. The third kappa shape index (κ3) is 5.14. The maximum Gasteiger partial charge on any atom is 0.252 e. The second-order valence-corrected chi connectivity index (χ2v) is 15.2. The highest BCUT2D eigenvalue weighted by Gasteiger charge is 2.44. The van der Waals surface area contributed by atoms with Gasteiger partial charge in [0.2, 0.25) is 0 Å². The smallest absolute Gasteiger partial charge is 0.252 e. The maximum atomic E-state index is 3.40. The average Bonchev–Trinajstić information content (AvgIpc) is 3.63. The first kappa shape index (κ1) is 33.2. The summed E-state index contributed by atoms with van der Waals surface area (Å²) in [6.45, 7) is -0.0368. The summed E-state index contributed by atoms with van der Waals surface area (Å²) in [7, 11) is 0. The largest absolute Gasteiger partial charge is 0.311 e. The quantitative estimate of drug-likeness (QED) is 0.157. The fourth-order valence-corrected chi connectivity index (χ4v) is 9.56. The van der Waals surface area contributed by atoms with Gasteiger partial charge in [0.25, 0.3) is 6.71 Å². The molecule has 0 atom stereocenters. The minimum atomic E-state index is -0.0368. The van der Waals surface area contributed by atoms with Crippen molar-refractivity contribution in [3.05, 3.63) is 224 Å². The van der Waals surface area contributed by atoms with Crippen LogP contribution < -0.4 is 31.1 Å². The third-order valence-electron chi connectivity index (χ3n) is 12.0. The minimum absolute atomic E-state index is 0.0368. The molecule has 1 aromatic heterocycles. The Balaban J connectivity index is 1.17. The van der Waals surface area contributed by atoms with Gasteiger partial charge >= 0.3 is 0 Å². The summed E-state index contributed by atoms with van der Waals surface area (Å²) in [4.78, 5) is 7.23. The molecule has 4 nitrogen and oxygen atoms in total. The molecule has 5 heteroatoms. The van der Waals surface area contributed by atoms with Crippen molar-refractivity contribution in [2.45, 2.75) is 0 Å². The van der Waals surface area contributed by atoms with E-state index in [0.717, 1.165) is 39.8 Å². The number of hydrogen-bond donors (Lipinski definition) is 0. The van der Waals surface area contributed by atoms with E-state index in [1.807, 2.05) is 12.1 Å². The predicted octanol–water partition coefficient (Wildman–Crippen LogP) is 11.9. The zero-order valence-electron chi connectivity index (χ0n) is 32.1. The van der Waals surface area contributed by atoms with Gasteiger partial charge in [0.15, 0.2) is 0 Å². The number of fused-ring (bicyclic) bond motifs is 7. The molecule has 12 rings (SSSR count). The van der Waals surface area contributed by atoms with Gasteiger partial charge in [-0.15, -0.1) is 0 Å². The Labute approximate surface area is 344 Å². The molecule has 59 heavy (non-hydrogen) atoms. The Morgan fingerprint density at radius 3 is 1.68 bits per heavy atom. The molecular formula is C54H35BN4. The Morgan fingerprint density at radius 2 is 1.02 bits per heavy atom. The molecule has 0 fully saturated rings. The lowest BCUT2D eigenvalue weighted by Gasteiger charge is -2.44. The molecule has 0 saturated heterocycles. The molecule has 2 aliphatic rings. The Hall–Kier alpha value is -7.94. The second-order valence-electron chi connectivity index (χ2n) is 15.2. The minimum Gasteiger partial charge on any atom is -0.311 e. The highest BCUT2D eigenvalue weighted by molar-refractivity contribution is 7.00. The molecule has 0 saturated carbocycles. The zero-order chi connectivity index (χ0) is 38.9. The van der Waals surface area contributed by atoms with E-state index in [9.17, 15) is 0 Å². The molecule has 9 aromatic carbocycles. The maximum absolute atomic E-state index is 3.40. The Bertz CT molecular complexity index is 3130. The van der Waals surface area contributed by atoms with E-state index in [-0.39, 0.29) is 6.71 Å². The monoisotopic (exact) mass is 750 g/mol. The van der Waals surface area contributed by atoms with Gasteiger partial charge in [-0.05, 0) is 120 Å². The van der Waals surface area contributed by atoms with Crippen molar-refractivity contribution in [3.63, 3.8) is 0 Å². The van der Waals surface area contributed by atoms with Gasteiger partial charge in [0.1, 0.15) is 0 Å². The molecule has 0 radical (unpaired) electrons. The van der Waals surface area contributed by atoms with Crippen molar-refractivity contribution in [1.29, 1.82) is 0 Å². The van der Waals surface area contributed by atoms with E-state index in [0.29, 0.717) is 0 Å². The van der Waals surface area contributed by atoms with Gasteiger partial charge in [0.05, 0.1) is 16.7 Å². The Morgan fingerprint density at radius 1 is 0.407 bits per heavy atom. The lowest BCUT2D eigenvalue weighted by atomic mass is 9.33. The van der Waals surface area contributed by atoms with Crippen LogP contribution >= 0.6 is 0 Å². The summed E-state index contributed by atoms with van der Waals surface area (Å²) in [5, 5.41) is 2.48. The van der Waals surface area contributed by atoms with Crippen LogP contribution in [-0.4, -0.2) is 11.3 Å². The van der Waals surface area contributed by atoms with Crippen molar-refractivity contribution in [1.82, 2.24) is 4.57 Å². The first-order chi connectivity index (χ1) is 29.3. The lowest BCUT2D eigenvalue weighted by molar-refractivity contribution is 1.18. The van der Waals surface area contributed by atoms with Crippen LogP contribution in [0.25, 0.3) is 27.5 Å². The molecular weight excluding hydrogens is 715 g/mol. The van der Waals surface area contributed by atoms with Gasteiger partial charge in [-0.25, -0.2) is 0 Å². The van der Waals surface area contributed by atoms with Crippen LogP contribution in [0, 0.1) is 12.1 Å². The van der Waals surface area contributed by atoms with Crippen LogP contribution in [0.1, 0.15) is 0 Å². The van der Waals surface area contributed by atoms with E-state index >= 15 is 0 Å². The van der Waals surface area contributed by atoms with Crippen molar-refractivity contribution < 1.29 is 0 Å². The van der Waals surface area contributed by atoms with Gasteiger partial charge < -0.3 is 19.3 Å². The number of anilines is 9. The molecule has 274 valence electrons. The second kappa shape index (κ2) is 13.3. The van der Waals surface area contributed by atoms with Crippen LogP contribution in [0.15, 0.2) is 212 Å². The summed E-state index contributed by atoms with van der Waals surface area (Å²) in [6, 6.07) is 83.2. The van der Waals surface area contributed by atoms with E-state index in [1.165, 1.54) is 55.3 Å². The normalized spacial score (nSPS) is 12.5. The van der Waals surface area contributed by atoms with Crippen LogP contribution in [0.2, 0.25) is 0 Å². The van der Waals surface area contributed by atoms with Gasteiger partial charge in [-0.3, -0.25) is 0 Å². The highest BCUT2D eigenvalue weighted by atomic mass is 15.2. The highest BCUT2D eigenvalue weighted by Crippen LogP contribution is 2.47. The number of benzene rings is 8. The van der Waals surface area contributed by atoms with Crippen molar-refractivity contribution >= 4 is 96.1 Å². The average molecular weight is 751 g/mol. The topological polar surface area (TPSA) is 14.7 Å². The molecule has 3 heterocycles. The van der Waals surface area contributed by atoms with E-state index in [1.54, 1.807) is 0 Å². The van der Waals surface area contributed by atoms with Crippen LogP contribution in [-0.2, 0) is 0 Å². The zero-order valence-corrected chi connectivity index (χ0v) is 32.1. The Kier molecular flexibility index (Phi) is 7.51. The summed E-state index contributed by atoms with van der Waals surface area (Å²) in [6.07, 6.45) is 0. The molecule has 0 amide bonds. The van der Waals surface area contributed by atoms with Crippen molar-refractivity contribution in [2.75, 3.05) is 14.7 Å². The molecule has 0 bridgehead atoms. The van der Waals surface area contributed by atoms with Crippen LogP contribution in [0.3, 0.4) is 0 Å². The third-order valence-corrected chi connectivity index (χ3v) is 12.0.